The van der Waals surface area contributed by atoms with Crippen LogP contribution in [0.25, 0.3) is 0 Å². The van der Waals surface area contributed by atoms with Gasteiger partial charge in [0.1, 0.15) is 0 Å². The molecule has 152 valence electrons. The lowest BCUT2D eigenvalue weighted by Crippen LogP contribution is -2.26. The maximum atomic E-state index is 13.1. The number of amides is 1. The summed E-state index contributed by atoms with van der Waals surface area (Å²) in [5, 5.41) is 4.38. The standard InChI is InChI=1S/C26H25BrN2O/c1-17-6-4-8-21(14-17)26(22-9-5-7-18(2)15-22)16-24(26)25(30)29-28-19(3)20-10-12-23(27)13-11-20/h4-15,24H,16H2,1-3H3,(H,29,30). The number of nitrogens with zero attached hydrogens (tertiary/aromatic N) is 1. The second-order valence-electron chi connectivity index (χ2n) is 8.15. The SMILES string of the molecule is CC(=NNC(=O)C1CC1(c1cccc(C)c1)c1cccc(C)c1)c1ccc(Br)cc1. The van der Waals surface area contributed by atoms with Gasteiger partial charge in [-0.15, -0.1) is 0 Å². The number of aryl methyl sites for hydroxylation is 2. The Balaban J connectivity index is 1.61. The Kier molecular flexibility index (Phi) is 5.61. The summed E-state index contributed by atoms with van der Waals surface area (Å²) in [5.74, 6) is -0.169. The van der Waals surface area contributed by atoms with Crippen molar-refractivity contribution in [3.63, 3.8) is 0 Å². The van der Waals surface area contributed by atoms with Crippen LogP contribution in [0.15, 0.2) is 82.4 Å². The molecule has 4 heteroatoms. The van der Waals surface area contributed by atoms with E-state index in [4.69, 9.17) is 0 Å². The van der Waals surface area contributed by atoms with Crippen LogP contribution in [0.3, 0.4) is 0 Å². The molecule has 1 aliphatic rings. The third-order valence-corrected chi connectivity index (χ3v) is 6.47. The van der Waals surface area contributed by atoms with Gasteiger partial charge in [0.15, 0.2) is 0 Å². The Morgan fingerprint density at radius 3 is 2.07 bits per heavy atom. The molecule has 1 unspecified atom stereocenters. The van der Waals surface area contributed by atoms with E-state index in [1.165, 1.54) is 22.3 Å². The zero-order valence-corrected chi connectivity index (χ0v) is 19.0. The number of nitrogens with one attached hydrogen (secondary N) is 1. The van der Waals surface area contributed by atoms with Crippen LogP contribution >= 0.6 is 15.9 Å². The molecule has 0 radical (unpaired) electrons. The molecule has 3 aromatic carbocycles. The van der Waals surface area contributed by atoms with Gasteiger partial charge in [0.2, 0.25) is 5.91 Å². The zero-order chi connectivity index (χ0) is 21.3. The third kappa shape index (κ3) is 3.97. The lowest BCUT2D eigenvalue weighted by atomic mass is 9.84. The van der Waals surface area contributed by atoms with Crippen LogP contribution in [0.1, 0.15) is 41.2 Å². The van der Waals surface area contributed by atoms with E-state index >= 15 is 0 Å². The lowest BCUT2D eigenvalue weighted by molar-refractivity contribution is -0.122. The molecule has 0 aromatic heterocycles. The second-order valence-corrected chi connectivity index (χ2v) is 9.06. The summed E-state index contributed by atoms with van der Waals surface area (Å²) in [4.78, 5) is 13.1. The van der Waals surface area contributed by atoms with Crippen LogP contribution in [-0.4, -0.2) is 11.6 Å². The molecule has 0 bridgehead atoms. The summed E-state index contributed by atoms with van der Waals surface area (Å²) in [6.07, 6.45) is 0.790. The van der Waals surface area contributed by atoms with Gasteiger partial charge in [-0.25, -0.2) is 5.43 Å². The molecule has 30 heavy (non-hydrogen) atoms. The van der Waals surface area contributed by atoms with Crippen LogP contribution < -0.4 is 5.43 Å². The molecule has 3 aromatic rings. The fourth-order valence-electron chi connectivity index (χ4n) is 4.20. The molecule has 4 rings (SSSR count). The summed E-state index contributed by atoms with van der Waals surface area (Å²) in [6, 6.07) is 24.9. The van der Waals surface area contributed by atoms with Gasteiger partial charge in [-0.1, -0.05) is 87.7 Å². The first-order chi connectivity index (χ1) is 14.4. The maximum Gasteiger partial charge on any atom is 0.244 e. The average Bonchev–Trinajstić information content (AvgIpc) is 3.49. The van der Waals surface area contributed by atoms with E-state index in [0.717, 1.165) is 22.2 Å². The Bertz CT molecular complexity index is 1070. The highest BCUT2D eigenvalue weighted by Gasteiger charge is 2.60. The highest BCUT2D eigenvalue weighted by molar-refractivity contribution is 9.10. The number of halogens is 1. The first-order valence-corrected chi connectivity index (χ1v) is 10.9. The molecule has 1 amide bonds. The van der Waals surface area contributed by atoms with Crippen molar-refractivity contribution in [3.8, 4) is 0 Å². The second kappa shape index (κ2) is 8.19. The van der Waals surface area contributed by atoms with E-state index in [1.54, 1.807) is 0 Å². The molecule has 1 saturated carbocycles. The predicted molar refractivity (Wildman–Crippen MR) is 126 cm³/mol. The van der Waals surface area contributed by atoms with Gasteiger partial charge in [0.25, 0.3) is 0 Å². The summed E-state index contributed by atoms with van der Waals surface area (Å²) >= 11 is 3.44. The molecule has 0 aliphatic heterocycles. The Morgan fingerprint density at radius 2 is 1.53 bits per heavy atom. The molecule has 1 aliphatic carbocycles. The topological polar surface area (TPSA) is 41.5 Å². The van der Waals surface area contributed by atoms with Gasteiger partial charge in [-0.3, -0.25) is 4.79 Å². The largest absolute Gasteiger partial charge is 0.273 e. The summed E-state index contributed by atoms with van der Waals surface area (Å²) in [5.41, 5.74) is 9.10. The van der Waals surface area contributed by atoms with Crippen LogP contribution in [0.5, 0.6) is 0 Å². The van der Waals surface area contributed by atoms with Crippen molar-refractivity contribution in [2.24, 2.45) is 11.0 Å². The van der Waals surface area contributed by atoms with Crippen molar-refractivity contribution in [3.05, 3.63) is 105 Å². The minimum absolute atomic E-state index is 0.0329. The highest BCUT2D eigenvalue weighted by Crippen LogP contribution is 2.59. The van der Waals surface area contributed by atoms with E-state index in [2.05, 4.69) is 88.8 Å². The minimum atomic E-state index is -0.289. The van der Waals surface area contributed by atoms with Gasteiger partial charge < -0.3 is 0 Å². The third-order valence-electron chi connectivity index (χ3n) is 5.94. The summed E-state index contributed by atoms with van der Waals surface area (Å²) in [6.45, 7) is 6.10. The van der Waals surface area contributed by atoms with Crippen molar-refractivity contribution in [2.75, 3.05) is 0 Å². The van der Waals surface area contributed by atoms with E-state index in [9.17, 15) is 4.79 Å². The number of rotatable bonds is 5. The predicted octanol–water partition coefficient (Wildman–Crippen LogP) is 5.91. The van der Waals surface area contributed by atoms with E-state index < -0.39 is 0 Å². The first-order valence-electron chi connectivity index (χ1n) is 10.1. The molecule has 1 atom stereocenters. The summed E-state index contributed by atoms with van der Waals surface area (Å²) < 4.78 is 1.02. The maximum absolute atomic E-state index is 13.1. The van der Waals surface area contributed by atoms with Gasteiger partial charge in [0, 0.05) is 9.89 Å². The van der Waals surface area contributed by atoms with Crippen molar-refractivity contribution in [1.82, 2.24) is 5.43 Å². The smallest absolute Gasteiger partial charge is 0.244 e. The monoisotopic (exact) mass is 460 g/mol. The molecule has 3 nitrogen and oxygen atoms in total. The van der Waals surface area contributed by atoms with Crippen molar-refractivity contribution >= 4 is 27.5 Å². The van der Waals surface area contributed by atoms with E-state index in [0.29, 0.717) is 0 Å². The lowest BCUT2D eigenvalue weighted by Gasteiger charge is -2.20. The molecule has 0 saturated heterocycles. The Labute approximate surface area is 186 Å². The van der Waals surface area contributed by atoms with Crippen LogP contribution in [0.4, 0.5) is 0 Å². The van der Waals surface area contributed by atoms with Crippen molar-refractivity contribution < 1.29 is 4.79 Å². The fourth-order valence-corrected chi connectivity index (χ4v) is 4.47. The number of benzene rings is 3. The highest BCUT2D eigenvalue weighted by atomic mass is 79.9. The van der Waals surface area contributed by atoms with Crippen molar-refractivity contribution in [1.29, 1.82) is 0 Å². The first kappa shape index (κ1) is 20.5. The fraction of sp³-hybridized carbons (Fsp3) is 0.231. The zero-order valence-electron chi connectivity index (χ0n) is 17.4. The number of hydrogen-bond acceptors (Lipinski definition) is 2. The Morgan fingerprint density at radius 1 is 0.967 bits per heavy atom. The number of carbonyl (C=O) groups is 1. The summed E-state index contributed by atoms with van der Waals surface area (Å²) in [7, 11) is 0. The number of hydrogen-bond donors (Lipinski definition) is 1. The molecule has 0 heterocycles. The molecule has 1 fully saturated rings. The van der Waals surface area contributed by atoms with E-state index in [-0.39, 0.29) is 17.2 Å². The molecule has 0 spiro atoms. The van der Waals surface area contributed by atoms with Crippen LogP contribution in [0, 0.1) is 19.8 Å². The molecular weight excluding hydrogens is 436 g/mol. The number of hydrazone groups is 1. The van der Waals surface area contributed by atoms with Gasteiger partial charge in [-0.2, -0.15) is 5.10 Å². The minimum Gasteiger partial charge on any atom is -0.273 e. The number of carbonyl (C=O) groups excluding carboxylic acids is 1. The molecular formula is C26H25BrN2O. The van der Waals surface area contributed by atoms with Crippen molar-refractivity contribution in [2.45, 2.75) is 32.6 Å². The Hall–Kier alpha value is -2.72. The van der Waals surface area contributed by atoms with Gasteiger partial charge in [-0.05, 0) is 56.0 Å². The van der Waals surface area contributed by atoms with Gasteiger partial charge >= 0.3 is 0 Å². The molecule has 1 N–H and O–H groups in total. The normalized spacial score (nSPS) is 17.5. The van der Waals surface area contributed by atoms with Gasteiger partial charge in [0.05, 0.1) is 11.6 Å². The van der Waals surface area contributed by atoms with Crippen LogP contribution in [0.2, 0.25) is 0 Å². The van der Waals surface area contributed by atoms with E-state index in [1.807, 2.05) is 31.2 Å². The average molecular weight is 461 g/mol. The quantitative estimate of drug-likeness (QED) is 0.372. The van der Waals surface area contributed by atoms with Crippen LogP contribution in [-0.2, 0) is 10.2 Å².